The molecule has 0 radical (unpaired) electrons. The highest BCUT2D eigenvalue weighted by molar-refractivity contribution is 5.98. The summed E-state index contributed by atoms with van der Waals surface area (Å²) in [7, 11) is 0. The van der Waals surface area contributed by atoms with Crippen LogP contribution in [0.1, 0.15) is 34.3 Å². The number of anilines is 1. The number of benzene rings is 2. The van der Waals surface area contributed by atoms with E-state index in [1.165, 1.54) is 16.8 Å². The molecule has 4 nitrogen and oxygen atoms in total. The van der Waals surface area contributed by atoms with Gasteiger partial charge in [-0.25, -0.2) is 0 Å². The van der Waals surface area contributed by atoms with Crippen molar-refractivity contribution in [3.05, 3.63) is 65.2 Å². The van der Waals surface area contributed by atoms with Crippen molar-refractivity contribution < 1.29 is 14.7 Å². The summed E-state index contributed by atoms with van der Waals surface area (Å²) in [5, 5.41) is 8.69. The number of carbonyl (C=O) groups excluding carboxylic acids is 1. The predicted molar refractivity (Wildman–Crippen MR) is 93.7 cm³/mol. The van der Waals surface area contributed by atoms with Gasteiger partial charge in [-0.05, 0) is 42.2 Å². The smallest absolute Gasteiger partial charge is 0.303 e. The summed E-state index contributed by atoms with van der Waals surface area (Å²) >= 11 is 0. The van der Waals surface area contributed by atoms with Crippen LogP contribution < -0.4 is 4.90 Å². The molecule has 124 valence electrons. The number of carboxylic acid groups (broad SMARTS) is 1. The molecule has 1 heterocycles. The van der Waals surface area contributed by atoms with Crippen LogP contribution in [-0.4, -0.2) is 29.9 Å². The van der Waals surface area contributed by atoms with Crippen LogP contribution in [-0.2, 0) is 17.6 Å². The van der Waals surface area contributed by atoms with E-state index in [0.29, 0.717) is 5.56 Å². The Morgan fingerprint density at radius 1 is 1.04 bits per heavy atom. The number of carbonyl (C=O) groups is 2. The zero-order chi connectivity index (χ0) is 16.9. The van der Waals surface area contributed by atoms with Gasteiger partial charge in [-0.2, -0.15) is 0 Å². The van der Waals surface area contributed by atoms with Crippen molar-refractivity contribution in [2.45, 2.75) is 25.7 Å². The fraction of sp³-hybridized carbons (Fsp3) is 0.300. The van der Waals surface area contributed by atoms with Crippen molar-refractivity contribution in [3.8, 4) is 0 Å². The fourth-order valence-corrected chi connectivity index (χ4v) is 3.15. The van der Waals surface area contributed by atoms with Crippen molar-refractivity contribution in [2.75, 3.05) is 18.0 Å². The Hall–Kier alpha value is -2.62. The van der Waals surface area contributed by atoms with E-state index < -0.39 is 5.97 Å². The number of hydrogen-bond donors (Lipinski definition) is 1. The lowest BCUT2D eigenvalue weighted by atomic mass is 10.0. The van der Waals surface area contributed by atoms with Gasteiger partial charge < -0.3 is 10.0 Å². The van der Waals surface area contributed by atoms with Gasteiger partial charge in [0.15, 0.2) is 5.78 Å². The maximum atomic E-state index is 12.1. The number of Topliss-reactive ketones (excluding diaryl/α,β-unsaturated/α-hetero) is 1. The van der Waals surface area contributed by atoms with Gasteiger partial charge in [0.25, 0.3) is 0 Å². The van der Waals surface area contributed by atoms with E-state index >= 15 is 0 Å². The second kappa shape index (κ2) is 7.30. The van der Waals surface area contributed by atoms with E-state index in [4.69, 9.17) is 5.11 Å². The fourth-order valence-electron chi connectivity index (χ4n) is 3.15. The van der Waals surface area contributed by atoms with Crippen molar-refractivity contribution in [1.29, 1.82) is 0 Å². The second-order valence-corrected chi connectivity index (χ2v) is 6.13. The largest absolute Gasteiger partial charge is 0.481 e. The Kier molecular flexibility index (Phi) is 4.94. The van der Waals surface area contributed by atoms with Crippen LogP contribution in [0.4, 0.5) is 5.69 Å². The summed E-state index contributed by atoms with van der Waals surface area (Å²) in [5.41, 5.74) is 4.33. The predicted octanol–water partition coefficient (Wildman–Crippen LogP) is 3.34. The Morgan fingerprint density at radius 3 is 2.58 bits per heavy atom. The second-order valence-electron chi connectivity index (χ2n) is 6.13. The first kappa shape index (κ1) is 16.2. The minimum atomic E-state index is -0.934. The van der Waals surface area contributed by atoms with E-state index in [2.05, 4.69) is 29.2 Å². The molecule has 0 saturated heterocycles. The van der Waals surface area contributed by atoms with Crippen molar-refractivity contribution >= 4 is 17.4 Å². The monoisotopic (exact) mass is 323 g/mol. The van der Waals surface area contributed by atoms with E-state index in [-0.39, 0.29) is 18.6 Å². The van der Waals surface area contributed by atoms with E-state index in [1.54, 1.807) is 0 Å². The Labute approximate surface area is 141 Å². The van der Waals surface area contributed by atoms with Crippen LogP contribution in [0.2, 0.25) is 0 Å². The molecular weight excluding hydrogens is 302 g/mol. The van der Waals surface area contributed by atoms with E-state index in [0.717, 1.165) is 25.9 Å². The highest BCUT2D eigenvalue weighted by atomic mass is 16.4. The molecule has 0 saturated carbocycles. The Bertz CT molecular complexity index is 740. The van der Waals surface area contributed by atoms with Gasteiger partial charge in [-0.3, -0.25) is 9.59 Å². The van der Waals surface area contributed by atoms with Crippen molar-refractivity contribution in [2.24, 2.45) is 0 Å². The van der Waals surface area contributed by atoms with Gasteiger partial charge >= 0.3 is 5.97 Å². The van der Waals surface area contributed by atoms with Crippen LogP contribution in [0, 0.1) is 0 Å². The third-order valence-electron chi connectivity index (χ3n) is 4.47. The molecule has 0 aromatic heterocycles. The third-order valence-corrected chi connectivity index (χ3v) is 4.47. The maximum Gasteiger partial charge on any atom is 0.303 e. The summed E-state index contributed by atoms with van der Waals surface area (Å²) in [6, 6.07) is 16.2. The number of hydrogen-bond acceptors (Lipinski definition) is 3. The SMILES string of the molecule is O=C(O)CCC(=O)c1ccc2c(c1)CCN2CCc1ccccc1. The first-order valence-corrected chi connectivity index (χ1v) is 8.30. The average molecular weight is 323 g/mol. The van der Waals surface area contributed by atoms with Crippen LogP contribution in [0.15, 0.2) is 48.5 Å². The van der Waals surface area contributed by atoms with Crippen LogP contribution in [0.5, 0.6) is 0 Å². The zero-order valence-corrected chi connectivity index (χ0v) is 13.6. The van der Waals surface area contributed by atoms with Crippen LogP contribution >= 0.6 is 0 Å². The summed E-state index contributed by atoms with van der Waals surface area (Å²) in [6.07, 6.45) is 1.88. The topological polar surface area (TPSA) is 57.6 Å². The number of nitrogens with zero attached hydrogens (tertiary/aromatic N) is 1. The summed E-state index contributed by atoms with van der Waals surface area (Å²) < 4.78 is 0. The zero-order valence-electron chi connectivity index (χ0n) is 13.6. The summed E-state index contributed by atoms with van der Waals surface area (Å²) in [6.45, 7) is 1.93. The molecule has 1 aliphatic heterocycles. The summed E-state index contributed by atoms with van der Waals surface area (Å²) in [5.74, 6) is -1.03. The lowest BCUT2D eigenvalue weighted by Gasteiger charge is -2.19. The first-order valence-electron chi connectivity index (χ1n) is 8.30. The molecule has 0 bridgehead atoms. The molecule has 1 aliphatic rings. The number of fused-ring (bicyclic) bond motifs is 1. The molecule has 2 aromatic rings. The Morgan fingerprint density at radius 2 is 1.83 bits per heavy atom. The van der Waals surface area contributed by atoms with Gasteiger partial charge in [0.05, 0.1) is 6.42 Å². The number of carboxylic acids is 1. The lowest BCUT2D eigenvalue weighted by Crippen LogP contribution is -2.23. The van der Waals surface area contributed by atoms with Gasteiger partial charge in [0.1, 0.15) is 0 Å². The molecule has 0 unspecified atom stereocenters. The minimum Gasteiger partial charge on any atom is -0.481 e. The standard InChI is InChI=1S/C20H21NO3/c22-19(8-9-20(23)24)17-6-7-18-16(14-17)11-13-21(18)12-10-15-4-2-1-3-5-15/h1-7,14H,8-13H2,(H,23,24). The summed E-state index contributed by atoms with van der Waals surface area (Å²) in [4.78, 5) is 25.0. The molecule has 0 fully saturated rings. The number of ketones is 1. The molecule has 2 aromatic carbocycles. The molecule has 0 atom stereocenters. The molecule has 1 N–H and O–H groups in total. The molecule has 3 rings (SSSR count). The lowest BCUT2D eigenvalue weighted by molar-refractivity contribution is -0.136. The molecule has 0 amide bonds. The maximum absolute atomic E-state index is 12.1. The molecule has 0 aliphatic carbocycles. The van der Waals surface area contributed by atoms with E-state index in [1.807, 2.05) is 24.3 Å². The highest BCUT2D eigenvalue weighted by Gasteiger charge is 2.20. The van der Waals surface area contributed by atoms with Gasteiger partial charge in [0.2, 0.25) is 0 Å². The number of aliphatic carboxylic acids is 1. The molecule has 24 heavy (non-hydrogen) atoms. The molecular formula is C20H21NO3. The quantitative estimate of drug-likeness (QED) is 0.794. The molecule has 0 spiro atoms. The molecule has 4 heteroatoms. The first-order chi connectivity index (χ1) is 11.6. The average Bonchev–Trinajstić information content (AvgIpc) is 3.01. The third kappa shape index (κ3) is 3.82. The van der Waals surface area contributed by atoms with Crippen molar-refractivity contribution in [1.82, 2.24) is 0 Å². The van der Waals surface area contributed by atoms with Crippen molar-refractivity contribution in [3.63, 3.8) is 0 Å². The highest BCUT2D eigenvalue weighted by Crippen LogP contribution is 2.29. The Balaban J connectivity index is 1.64. The van der Waals surface area contributed by atoms with Crippen LogP contribution in [0.3, 0.4) is 0 Å². The van der Waals surface area contributed by atoms with Gasteiger partial charge in [-0.1, -0.05) is 30.3 Å². The van der Waals surface area contributed by atoms with Gasteiger partial charge in [0, 0.05) is 30.8 Å². The van der Waals surface area contributed by atoms with E-state index in [9.17, 15) is 9.59 Å². The number of rotatable bonds is 7. The minimum absolute atomic E-state index is 0.0614. The van der Waals surface area contributed by atoms with Crippen LogP contribution in [0.25, 0.3) is 0 Å². The van der Waals surface area contributed by atoms with Gasteiger partial charge in [-0.15, -0.1) is 0 Å². The normalized spacial score (nSPS) is 12.9.